The fraction of sp³-hybridized carbons (Fsp3) is 0.462. The predicted octanol–water partition coefficient (Wildman–Crippen LogP) is 1.89. The summed E-state index contributed by atoms with van der Waals surface area (Å²) < 4.78 is 5.69. The van der Waals surface area contributed by atoms with Crippen LogP contribution in [0.15, 0.2) is 18.2 Å². The summed E-state index contributed by atoms with van der Waals surface area (Å²) in [4.78, 5) is 10.9. The Hall–Kier alpha value is -1.55. The second kappa shape index (κ2) is 4.75. The SMILES string of the molecule is CC(C)C1COc2cc(C(=O)O)ccc2CN1. The number of carboxylic acids is 1. The van der Waals surface area contributed by atoms with Gasteiger partial charge in [-0.25, -0.2) is 4.79 Å². The number of carbonyl (C=O) groups is 1. The molecule has 92 valence electrons. The van der Waals surface area contributed by atoms with Crippen molar-refractivity contribution in [3.8, 4) is 5.75 Å². The van der Waals surface area contributed by atoms with Crippen LogP contribution in [0.2, 0.25) is 0 Å². The zero-order valence-electron chi connectivity index (χ0n) is 10.1. The molecule has 0 bridgehead atoms. The highest BCUT2D eigenvalue weighted by atomic mass is 16.5. The van der Waals surface area contributed by atoms with Crippen molar-refractivity contribution in [2.75, 3.05) is 6.61 Å². The van der Waals surface area contributed by atoms with Crippen LogP contribution in [0.3, 0.4) is 0 Å². The van der Waals surface area contributed by atoms with E-state index in [2.05, 4.69) is 19.2 Å². The first-order chi connectivity index (χ1) is 8.08. The normalized spacial score (nSPS) is 19.4. The van der Waals surface area contributed by atoms with Crippen LogP contribution in [-0.2, 0) is 6.54 Å². The van der Waals surface area contributed by atoms with Gasteiger partial charge in [0, 0.05) is 18.2 Å². The second-order valence-corrected chi connectivity index (χ2v) is 4.67. The summed E-state index contributed by atoms with van der Waals surface area (Å²) in [6.45, 7) is 5.57. The van der Waals surface area contributed by atoms with Crippen LogP contribution in [0.4, 0.5) is 0 Å². The van der Waals surface area contributed by atoms with Crippen molar-refractivity contribution in [2.45, 2.75) is 26.4 Å². The molecule has 0 fully saturated rings. The third kappa shape index (κ3) is 2.58. The molecule has 1 aliphatic rings. The van der Waals surface area contributed by atoms with Gasteiger partial charge in [0.2, 0.25) is 0 Å². The lowest BCUT2D eigenvalue weighted by molar-refractivity contribution is 0.0696. The molecule has 0 aliphatic carbocycles. The summed E-state index contributed by atoms with van der Waals surface area (Å²) in [6.07, 6.45) is 0. The van der Waals surface area contributed by atoms with E-state index in [1.165, 1.54) is 0 Å². The summed E-state index contributed by atoms with van der Waals surface area (Å²) >= 11 is 0. The number of aromatic carboxylic acids is 1. The van der Waals surface area contributed by atoms with Gasteiger partial charge in [0.05, 0.1) is 5.56 Å². The van der Waals surface area contributed by atoms with Gasteiger partial charge in [-0.05, 0) is 18.1 Å². The molecule has 0 spiro atoms. The molecule has 1 unspecified atom stereocenters. The minimum Gasteiger partial charge on any atom is -0.492 e. The highest BCUT2D eigenvalue weighted by Crippen LogP contribution is 2.24. The minimum absolute atomic E-state index is 0.270. The highest BCUT2D eigenvalue weighted by molar-refractivity contribution is 5.88. The minimum atomic E-state index is -0.922. The van der Waals surface area contributed by atoms with Crippen molar-refractivity contribution in [3.05, 3.63) is 29.3 Å². The van der Waals surface area contributed by atoms with Crippen LogP contribution < -0.4 is 10.1 Å². The first-order valence-corrected chi connectivity index (χ1v) is 5.80. The lowest BCUT2D eigenvalue weighted by atomic mass is 10.1. The summed E-state index contributed by atoms with van der Waals surface area (Å²) in [5.41, 5.74) is 1.28. The van der Waals surface area contributed by atoms with E-state index in [0.717, 1.165) is 12.1 Å². The molecule has 0 saturated heterocycles. The van der Waals surface area contributed by atoms with Crippen molar-refractivity contribution in [3.63, 3.8) is 0 Å². The van der Waals surface area contributed by atoms with Crippen LogP contribution in [0.25, 0.3) is 0 Å². The zero-order valence-corrected chi connectivity index (χ0v) is 10.1. The molecule has 1 aliphatic heterocycles. The Morgan fingerprint density at radius 3 is 2.94 bits per heavy atom. The number of nitrogens with one attached hydrogen (secondary N) is 1. The van der Waals surface area contributed by atoms with E-state index in [9.17, 15) is 4.79 Å². The van der Waals surface area contributed by atoms with Crippen molar-refractivity contribution >= 4 is 5.97 Å². The van der Waals surface area contributed by atoms with Crippen molar-refractivity contribution in [1.29, 1.82) is 0 Å². The second-order valence-electron chi connectivity index (χ2n) is 4.67. The summed E-state index contributed by atoms with van der Waals surface area (Å²) in [5.74, 6) is 0.248. The van der Waals surface area contributed by atoms with Gasteiger partial charge in [0.1, 0.15) is 12.4 Å². The van der Waals surface area contributed by atoms with Crippen LogP contribution in [0.5, 0.6) is 5.75 Å². The van der Waals surface area contributed by atoms with E-state index in [4.69, 9.17) is 9.84 Å². The average molecular weight is 235 g/mol. The van der Waals surface area contributed by atoms with Gasteiger partial charge in [-0.2, -0.15) is 0 Å². The Morgan fingerprint density at radius 1 is 1.53 bits per heavy atom. The molecule has 0 saturated carbocycles. The molecule has 2 rings (SSSR count). The fourth-order valence-electron chi connectivity index (χ4n) is 1.88. The van der Waals surface area contributed by atoms with Gasteiger partial charge < -0.3 is 15.2 Å². The molecule has 1 atom stereocenters. The molecule has 0 aromatic heterocycles. The summed E-state index contributed by atoms with van der Waals surface area (Å²) in [7, 11) is 0. The third-order valence-electron chi connectivity index (χ3n) is 3.09. The van der Waals surface area contributed by atoms with Crippen molar-refractivity contribution in [1.82, 2.24) is 5.32 Å². The number of carboxylic acid groups (broad SMARTS) is 1. The fourth-order valence-corrected chi connectivity index (χ4v) is 1.88. The molecule has 1 aromatic rings. The van der Waals surface area contributed by atoms with Crippen LogP contribution in [-0.4, -0.2) is 23.7 Å². The molecule has 2 N–H and O–H groups in total. The van der Waals surface area contributed by atoms with Gasteiger partial charge in [-0.15, -0.1) is 0 Å². The van der Waals surface area contributed by atoms with Gasteiger partial charge in [-0.3, -0.25) is 0 Å². The van der Waals surface area contributed by atoms with Crippen molar-refractivity contribution < 1.29 is 14.6 Å². The Morgan fingerprint density at radius 2 is 2.29 bits per heavy atom. The molecule has 0 radical (unpaired) electrons. The van der Waals surface area contributed by atoms with Crippen molar-refractivity contribution in [2.24, 2.45) is 5.92 Å². The third-order valence-corrected chi connectivity index (χ3v) is 3.09. The number of hydrogen-bond donors (Lipinski definition) is 2. The van der Waals surface area contributed by atoms with Gasteiger partial charge >= 0.3 is 5.97 Å². The van der Waals surface area contributed by atoms with E-state index < -0.39 is 5.97 Å². The molecule has 4 heteroatoms. The quantitative estimate of drug-likeness (QED) is 0.822. The highest BCUT2D eigenvalue weighted by Gasteiger charge is 2.19. The molecule has 4 nitrogen and oxygen atoms in total. The monoisotopic (exact) mass is 235 g/mol. The van der Waals surface area contributed by atoms with E-state index >= 15 is 0 Å². The van der Waals surface area contributed by atoms with E-state index in [1.807, 2.05) is 6.07 Å². The molecule has 17 heavy (non-hydrogen) atoms. The summed E-state index contributed by atoms with van der Waals surface area (Å²) in [6, 6.07) is 5.33. The Labute approximate surface area is 101 Å². The van der Waals surface area contributed by atoms with Crippen LogP contribution >= 0.6 is 0 Å². The number of fused-ring (bicyclic) bond motifs is 1. The molecular formula is C13H17NO3. The maximum Gasteiger partial charge on any atom is 0.335 e. The Kier molecular flexibility index (Phi) is 3.33. The molecule has 0 amide bonds. The van der Waals surface area contributed by atoms with Crippen LogP contribution in [0.1, 0.15) is 29.8 Å². The van der Waals surface area contributed by atoms with Gasteiger partial charge in [-0.1, -0.05) is 19.9 Å². The number of ether oxygens (including phenoxy) is 1. The Balaban J connectivity index is 2.22. The Bertz CT molecular complexity index is 429. The molecule has 1 aromatic carbocycles. The van der Waals surface area contributed by atoms with E-state index in [-0.39, 0.29) is 5.56 Å². The maximum atomic E-state index is 10.9. The average Bonchev–Trinajstić information content (AvgIpc) is 2.50. The summed E-state index contributed by atoms with van der Waals surface area (Å²) in [5, 5.41) is 12.3. The lowest BCUT2D eigenvalue weighted by Gasteiger charge is -2.18. The zero-order chi connectivity index (χ0) is 12.4. The predicted molar refractivity (Wildman–Crippen MR) is 64.4 cm³/mol. The van der Waals surface area contributed by atoms with E-state index in [0.29, 0.717) is 24.3 Å². The number of hydrogen-bond acceptors (Lipinski definition) is 3. The van der Waals surface area contributed by atoms with E-state index in [1.54, 1.807) is 12.1 Å². The van der Waals surface area contributed by atoms with Gasteiger partial charge in [0.25, 0.3) is 0 Å². The first-order valence-electron chi connectivity index (χ1n) is 5.80. The maximum absolute atomic E-state index is 10.9. The van der Waals surface area contributed by atoms with Gasteiger partial charge in [0.15, 0.2) is 0 Å². The molecule has 1 heterocycles. The number of benzene rings is 1. The topological polar surface area (TPSA) is 58.6 Å². The smallest absolute Gasteiger partial charge is 0.335 e. The molecular weight excluding hydrogens is 218 g/mol. The van der Waals surface area contributed by atoms with Crippen LogP contribution in [0, 0.1) is 5.92 Å². The lowest BCUT2D eigenvalue weighted by Crippen LogP contribution is -2.36. The number of rotatable bonds is 2. The first kappa shape index (κ1) is 11.9. The standard InChI is InChI=1S/C13H17NO3/c1-8(2)11-7-17-12-5-9(13(15)16)3-4-10(12)6-14-11/h3-5,8,11,14H,6-7H2,1-2H3,(H,15,16). The largest absolute Gasteiger partial charge is 0.492 e.